The number of nitrogens with zero attached hydrogens (tertiary/aromatic N) is 1. The van der Waals surface area contributed by atoms with E-state index in [1.165, 1.54) is 0 Å². The van der Waals surface area contributed by atoms with E-state index in [9.17, 15) is 0 Å². The first-order chi connectivity index (χ1) is 12.9. The molecule has 6 heteroatoms. The van der Waals surface area contributed by atoms with Crippen LogP contribution in [0.4, 0.5) is 0 Å². The van der Waals surface area contributed by atoms with Crippen molar-refractivity contribution in [1.82, 2.24) is 4.90 Å². The molecule has 1 aromatic carbocycles. The summed E-state index contributed by atoms with van der Waals surface area (Å²) in [7, 11) is 0.0708. The van der Waals surface area contributed by atoms with Crippen molar-refractivity contribution in [2.75, 3.05) is 33.4 Å². The summed E-state index contributed by atoms with van der Waals surface area (Å²) in [4.78, 5) is 2.52. The second kappa shape index (κ2) is 9.36. The van der Waals surface area contributed by atoms with E-state index in [2.05, 4.69) is 45.7 Å². The van der Waals surface area contributed by atoms with Gasteiger partial charge >= 0.3 is 0 Å². The second-order valence-corrected chi connectivity index (χ2v) is 15.5. The van der Waals surface area contributed by atoms with Gasteiger partial charge < -0.3 is 9.16 Å². The average Bonchev–Trinajstić information content (AvgIpc) is 2.59. The minimum atomic E-state index is -1.68. The lowest BCUT2D eigenvalue weighted by atomic mass is 9.87. The van der Waals surface area contributed by atoms with E-state index in [1.807, 2.05) is 12.1 Å². The van der Waals surface area contributed by atoms with Crippen LogP contribution in [0.5, 0.6) is 0 Å². The van der Waals surface area contributed by atoms with Crippen LogP contribution in [0.25, 0.3) is 0 Å². The van der Waals surface area contributed by atoms with Gasteiger partial charge in [-0.1, -0.05) is 44.0 Å². The van der Waals surface area contributed by atoms with Crippen molar-refractivity contribution in [3.8, 4) is 0 Å². The number of benzene rings is 1. The van der Waals surface area contributed by atoms with E-state index in [0.29, 0.717) is 22.6 Å². The summed E-state index contributed by atoms with van der Waals surface area (Å²) in [6.45, 7) is 17.3. The molecule has 0 bridgehead atoms. The number of hydrogen-bond donors (Lipinski definition) is 0. The van der Waals surface area contributed by atoms with Gasteiger partial charge in [0.05, 0.1) is 12.1 Å². The second-order valence-electron chi connectivity index (χ2n) is 9.87. The first-order valence-electron chi connectivity index (χ1n) is 10.2. The molecule has 0 radical (unpaired) electrons. The maximum Gasteiger partial charge on any atom is 0.191 e. The molecule has 0 aliphatic carbocycles. The highest BCUT2D eigenvalue weighted by Crippen LogP contribution is 2.38. The molecule has 3 nitrogen and oxygen atoms in total. The Labute approximate surface area is 182 Å². The number of ether oxygens (including phenoxy) is 1. The number of likely N-dealkylation sites (tertiary alicyclic amines) is 1. The first-order valence-corrected chi connectivity index (χ1v) is 13.9. The van der Waals surface area contributed by atoms with E-state index < -0.39 is 8.32 Å². The molecule has 0 amide bonds. The van der Waals surface area contributed by atoms with Crippen molar-refractivity contribution in [3.63, 3.8) is 0 Å². The van der Waals surface area contributed by atoms with Crippen LogP contribution in [0.3, 0.4) is 0 Å². The fourth-order valence-electron chi connectivity index (χ4n) is 3.64. The lowest BCUT2D eigenvalue weighted by Gasteiger charge is -2.46. The van der Waals surface area contributed by atoms with Gasteiger partial charge in [0, 0.05) is 23.8 Å². The van der Waals surface area contributed by atoms with Crippen molar-refractivity contribution in [3.05, 3.63) is 33.8 Å². The summed E-state index contributed by atoms with van der Waals surface area (Å²) in [5.74, 6) is 0.625. The topological polar surface area (TPSA) is 21.7 Å². The van der Waals surface area contributed by atoms with Crippen LogP contribution >= 0.6 is 23.2 Å². The first kappa shape index (κ1) is 24.2. The summed E-state index contributed by atoms with van der Waals surface area (Å²) in [6.07, 6.45) is 2.28. The summed E-state index contributed by atoms with van der Waals surface area (Å²) < 4.78 is 12.1. The van der Waals surface area contributed by atoms with E-state index in [0.717, 1.165) is 38.1 Å². The van der Waals surface area contributed by atoms with Crippen LogP contribution in [-0.2, 0) is 14.7 Å². The monoisotopic (exact) mass is 445 g/mol. The molecular weight excluding hydrogens is 409 g/mol. The minimum absolute atomic E-state index is 0.242. The van der Waals surface area contributed by atoms with Crippen LogP contribution in [0, 0.1) is 5.92 Å². The van der Waals surface area contributed by atoms with Gasteiger partial charge in [0.1, 0.15) is 0 Å². The van der Waals surface area contributed by atoms with Gasteiger partial charge in [-0.2, -0.15) is 0 Å². The van der Waals surface area contributed by atoms with E-state index in [1.54, 1.807) is 13.2 Å². The van der Waals surface area contributed by atoms with Gasteiger partial charge in [-0.25, -0.2) is 0 Å². The molecule has 1 saturated heterocycles. The van der Waals surface area contributed by atoms with Gasteiger partial charge in [0.25, 0.3) is 0 Å². The van der Waals surface area contributed by atoms with Gasteiger partial charge in [0.2, 0.25) is 0 Å². The van der Waals surface area contributed by atoms with Crippen LogP contribution in [0.15, 0.2) is 18.2 Å². The maximum absolute atomic E-state index is 6.48. The fourth-order valence-corrected chi connectivity index (χ4v) is 5.25. The third-order valence-electron chi connectivity index (χ3n) is 6.71. The Bertz CT molecular complexity index is 634. The highest BCUT2D eigenvalue weighted by Gasteiger charge is 2.39. The Morgan fingerprint density at radius 2 is 1.57 bits per heavy atom. The number of halogens is 2. The maximum atomic E-state index is 6.48. The van der Waals surface area contributed by atoms with Crippen molar-refractivity contribution in [2.45, 2.75) is 64.2 Å². The normalized spacial score (nSPS) is 19.6. The van der Waals surface area contributed by atoms with Gasteiger partial charge in [-0.05, 0) is 80.7 Å². The highest BCUT2D eigenvalue weighted by molar-refractivity contribution is 6.74. The largest absolute Gasteiger partial charge is 0.417 e. The van der Waals surface area contributed by atoms with E-state index in [-0.39, 0.29) is 10.6 Å². The lowest BCUT2D eigenvalue weighted by molar-refractivity contribution is -0.00720. The highest BCUT2D eigenvalue weighted by atomic mass is 35.5. The van der Waals surface area contributed by atoms with Crippen molar-refractivity contribution >= 4 is 31.5 Å². The fraction of sp³-hybridized carbons (Fsp3) is 0.727. The minimum Gasteiger partial charge on any atom is -0.417 e. The van der Waals surface area contributed by atoms with Crippen molar-refractivity contribution in [1.29, 1.82) is 0 Å². The summed E-state index contributed by atoms with van der Waals surface area (Å²) in [5, 5.41) is 1.60. The number of rotatable bonds is 7. The molecule has 0 N–H and O–H groups in total. The molecule has 1 aromatic rings. The Hall–Kier alpha value is -0.103. The lowest BCUT2D eigenvalue weighted by Crippen LogP contribution is -2.51. The molecule has 1 aliphatic rings. The predicted octanol–water partition coefficient (Wildman–Crippen LogP) is 6.59. The molecule has 0 spiro atoms. The Morgan fingerprint density at radius 1 is 1.04 bits per heavy atom. The van der Waals surface area contributed by atoms with Gasteiger partial charge in [0.15, 0.2) is 8.32 Å². The number of hydrogen-bond acceptors (Lipinski definition) is 3. The standard InChI is InChI=1S/C22H37Cl2NO2Si/c1-21(2,3)28(6,7)27-15-17-8-10-25(11-9-17)22(4,16-26-5)18-12-19(23)14-20(24)13-18/h12-14,17H,8-11,15-16H2,1-7H3. The molecule has 28 heavy (non-hydrogen) atoms. The quantitative estimate of drug-likeness (QED) is 0.441. The van der Waals surface area contributed by atoms with Crippen molar-refractivity contribution < 1.29 is 9.16 Å². The molecule has 0 saturated carbocycles. The Balaban J connectivity index is 2.04. The summed E-state index contributed by atoms with van der Waals surface area (Å²) in [6, 6.07) is 5.81. The SMILES string of the molecule is COCC(C)(c1cc(Cl)cc(Cl)c1)N1CCC(CO[Si](C)(C)C(C)(C)C)CC1. The van der Waals surface area contributed by atoms with Crippen LogP contribution < -0.4 is 0 Å². The molecular formula is C22H37Cl2NO2Si. The molecule has 1 aliphatic heterocycles. The zero-order valence-corrected chi connectivity index (χ0v) is 21.1. The summed E-state index contributed by atoms with van der Waals surface area (Å²) in [5.41, 5.74) is 0.872. The van der Waals surface area contributed by atoms with Crippen molar-refractivity contribution in [2.24, 2.45) is 5.92 Å². The molecule has 160 valence electrons. The van der Waals surface area contributed by atoms with Crippen LogP contribution in [0.2, 0.25) is 28.2 Å². The number of piperidine rings is 1. The Kier molecular flexibility index (Phi) is 8.08. The zero-order valence-electron chi connectivity index (χ0n) is 18.6. The average molecular weight is 447 g/mol. The van der Waals surface area contributed by atoms with Gasteiger partial charge in [-0.15, -0.1) is 0 Å². The number of methoxy groups -OCH3 is 1. The molecule has 1 unspecified atom stereocenters. The third kappa shape index (κ3) is 5.74. The molecule has 1 heterocycles. The Morgan fingerprint density at radius 3 is 2.04 bits per heavy atom. The third-order valence-corrected chi connectivity index (χ3v) is 11.6. The van der Waals surface area contributed by atoms with Gasteiger partial charge in [-0.3, -0.25) is 4.90 Å². The van der Waals surface area contributed by atoms with E-state index in [4.69, 9.17) is 32.4 Å². The molecule has 1 fully saturated rings. The molecule has 2 rings (SSSR count). The smallest absolute Gasteiger partial charge is 0.191 e. The zero-order chi connectivity index (χ0) is 21.2. The molecule has 0 aromatic heterocycles. The summed E-state index contributed by atoms with van der Waals surface area (Å²) >= 11 is 12.6. The van der Waals surface area contributed by atoms with Crippen LogP contribution in [0.1, 0.15) is 46.1 Å². The molecule has 1 atom stereocenters. The van der Waals surface area contributed by atoms with Crippen LogP contribution in [-0.4, -0.2) is 46.6 Å². The van der Waals surface area contributed by atoms with E-state index >= 15 is 0 Å². The predicted molar refractivity (Wildman–Crippen MR) is 123 cm³/mol.